The normalized spacial score (nSPS) is 23.5. The van der Waals surface area contributed by atoms with Crippen molar-refractivity contribution in [3.8, 4) is 0 Å². The van der Waals surface area contributed by atoms with Crippen LogP contribution in [0.15, 0.2) is 48.7 Å². The summed E-state index contributed by atoms with van der Waals surface area (Å²) in [6.45, 7) is 5.93. The minimum absolute atomic E-state index is 0.229. The van der Waals surface area contributed by atoms with Crippen molar-refractivity contribution < 1.29 is 9.53 Å². The highest BCUT2D eigenvalue weighted by atomic mass is 16.5. The van der Waals surface area contributed by atoms with Gasteiger partial charge in [0.15, 0.2) is 0 Å². The van der Waals surface area contributed by atoms with E-state index in [0.717, 1.165) is 44.8 Å². The minimum atomic E-state index is 0.229. The van der Waals surface area contributed by atoms with Crippen molar-refractivity contribution in [2.45, 2.75) is 43.6 Å². The molecule has 1 aromatic heterocycles. The molecule has 2 aliphatic heterocycles. The molecule has 1 amide bonds. The first-order chi connectivity index (χ1) is 14.7. The summed E-state index contributed by atoms with van der Waals surface area (Å²) in [6, 6.07) is 15.1. The van der Waals surface area contributed by atoms with E-state index in [9.17, 15) is 4.79 Å². The van der Waals surface area contributed by atoms with E-state index in [2.05, 4.69) is 46.3 Å². The van der Waals surface area contributed by atoms with E-state index in [-0.39, 0.29) is 5.41 Å². The predicted molar refractivity (Wildman–Crippen MR) is 116 cm³/mol. The number of likely N-dealkylation sites (tertiary alicyclic amines) is 1. The van der Waals surface area contributed by atoms with Crippen LogP contribution in [0.5, 0.6) is 0 Å². The van der Waals surface area contributed by atoms with Gasteiger partial charge < -0.3 is 9.64 Å². The molecule has 2 fully saturated rings. The van der Waals surface area contributed by atoms with Crippen molar-refractivity contribution in [1.29, 1.82) is 0 Å². The second-order valence-corrected chi connectivity index (χ2v) is 9.06. The van der Waals surface area contributed by atoms with Gasteiger partial charge in [0.05, 0.1) is 18.9 Å². The Kier molecular flexibility index (Phi) is 5.57. The number of piperidine rings is 1. The molecule has 0 bridgehead atoms. The maximum atomic E-state index is 12.9. The van der Waals surface area contributed by atoms with Crippen molar-refractivity contribution in [2.75, 3.05) is 39.4 Å². The zero-order chi connectivity index (χ0) is 20.4. The molecule has 2 aromatic rings. The number of amides is 1. The highest BCUT2D eigenvalue weighted by Crippen LogP contribution is 2.52. The summed E-state index contributed by atoms with van der Waals surface area (Å²) in [6.07, 6.45) is 5.96. The average Bonchev–Trinajstić information content (AvgIpc) is 3.10. The number of ether oxygens (including phenoxy) is 1. The van der Waals surface area contributed by atoms with Gasteiger partial charge in [-0.2, -0.15) is 0 Å². The third-order valence-corrected chi connectivity index (χ3v) is 7.32. The largest absolute Gasteiger partial charge is 0.378 e. The number of aromatic nitrogens is 1. The van der Waals surface area contributed by atoms with Gasteiger partial charge in [-0.15, -0.1) is 0 Å². The van der Waals surface area contributed by atoms with Crippen LogP contribution in [0.1, 0.15) is 48.4 Å². The Morgan fingerprint density at radius 1 is 1.03 bits per heavy atom. The number of hydrogen-bond donors (Lipinski definition) is 0. The maximum Gasteiger partial charge on any atom is 0.223 e. The van der Waals surface area contributed by atoms with Gasteiger partial charge in [0.25, 0.3) is 0 Å². The molecule has 158 valence electrons. The molecule has 1 aliphatic carbocycles. The maximum absolute atomic E-state index is 12.9. The van der Waals surface area contributed by atoms with Crippen molar-refractivity contribution >= 4 is 5.91 Å². The van der Waals surface area contributed by atoms with Gasteiger partial charge in [-0.25, -0.2) is 0 Å². The average molecular weight is 406 g/mol. The van der Waals surface area contributed by atoms with Crippen LogP contribution in [0.2, 0.25) is 0 Å². The van der Waals surface area contributed by atoms with E-state index in [0.29, 0.717) is 31.5 Å². The zero-order valence-electron chi connectivity index (χ0n) is 17.6. The topological polar surface area (TPSA) is 45.7 Å². The first kappa shape index (κ1) is 19.7. The number of fused-ring (bicyclic) bond motifs is 2. The second-order valence-electron chi connectivity index (χ2n) is 9.06. The molecule has 3 heterocycles. The molecule has 3 aliphatic rings. The lowest BCUT2D eigenvalue weighted by Crippen LogP contribution is -2.42. The zero-order valence-corrected chi connectivity index (χ0v) is 17.6. The standard InChI is InChI=1S/C25H31N3O2/c29-24(28-13-15-30-16-14-28)17-20-18-25(23-7-2-1-6-22(20)23)8-11-27(12-9-25)19-21-5-3-4-10-26-21/h1-7,10,20H,8-9,11-19H2/t20-/m1/s1. The van der Waals surface area contributed by atoms with E-state index in [4.69, 9.17) is 4.74 Å². The highest BCUT2D eigenvalue weighted by molar-refractivity contribution is 5.77. The summed E-state index contributed by atoms with van der Waals surface area (Å²) in [4.78, 5) is 22.0. The number of benzene rings is 1. The van der Waals surface area contributed by atoms with Crippen LogP contribution < -0.4 is 0 Å². The van der Waals surface area contributed by atoms with E-state index in [1.807, 2.05) is 17.2 Å². The number of morpholine rings is 1. The lowest BCUT2D eigenvalue weighted by atomic mass is 9.73. The van der Waals surface area contributed by atoms with Crippen LogP contribution in [-0.2, 0) is 21.5 Å². The summed E-state index contributed by atoms with van der Waals surface area (Å²) >= 11 is 0. The Balaban J connectivity index is 1.28. The monoisotopic (exact) mass is 405 g/mol. The lowest BCUT2D eigenvalue weighted by Gasteiger charge is -2.40. The van der Waals surface area contributed by atoms with Crippen LogP contribution in [0, 0.1) is 0 Å². The van der Waals surface area contributed by atoms with Crippen molar-refractivity contribution in [3.63, 3.8) is 0 Å². The molecular weight excluding hydrogens is 374 g/mol. The molecular formula is C25H31N3O2. The van der Waals surface area contributed by atoms with Crippen LogP contribution in [0.3, 0.4) is 0 Å². The van der Waals surface area contributed by atoms with E-state index < -0.39 is 0 Å². The fourth-order valence-corrected chi connectivity index (χ4v) is 5.70. The van der Waals surface area contributed by atoms with Gasteiger partial charge in [-0.1, -0.05) is 30.3 Å². The molecule has 30 heavy (non-hydrogen) atoms. The molecule has 5 heteroatoms. The Morgan fingerprint density at radius 2 is 1.80 bits per heavy atom. The number of rotatable bonds is 4. The fourth-order valence-electron chi connectivity index (χ4n) is 5.70. The van der Waals surface area contributed by atoms with E-state index >= 15 is 0 Å². The smallest absolute Gasteiger partial charge is 0.223 e. The Labute approximate surface area is 179 Å². The molecule has 2 saturated heterocycles. The third-order valence-electron chi connectivity index (χ3n) is 7.32. The Bertz CT molecular complexity index is 871. The summed E-state index contributed by atoms with van der Waals surface area (Å²) in [5.41, 5.74) is 4.29. The van der Waals surface area contributed by atoms with Crippen LogP contribution in [-0.4, -0.2) is 60.1 Å². The summed E-state index contributed by atoms with van der Waals surface area (Å²) in [7, 11) is 0. The molecule has 5 rings (SSSR count). The van der Waals surface area contributed by atoms with Crippen LogP contribution in [0.25, 0.3) is 0 Å². The van der Waals surface area contributed by atoms with Crippen LogP contribution >= 0.6 is 0 Å². The fraction of sp³-hybridized carbons (Fsp3) is 0.520. The number of pyridine rings is 1. The minimum Gasteiger partial charge on any atom is -0.378 e. The van der Waals surface area contributed by atoms with Gasteiger partial charge in [-0.3, -0.25) is 14.7 Å². The SMILES string of the molecule is O=C(C[C@@H]1CC2(CCN(Cc3ccccn3)CC2)c2ccccc21)N1CCOCC1. The second kappa shape index (κ2) is 8.48. The quantitative estimate of drug-likeness (QED) is 0.783. The molecule has 1 spiro atoms. The Morgan fingerprint density at radius 3 is 2.57 bits per heavy atom. The molecule has 0 radical (unpaired) electrons. The summed E-state index contributed by atoms with van der Waals surface area (Å²) < 4.78 is 5.42. The van der Waals surface area contributed by atoms with Crippen LogP contribution in [0.4, 0.5) is 0 Å². The molecule has 0 N–H and O–H groups in total. The van der Waals surface area contributed by atoms with E-state index in [1.165, 1.54) is 24.0 Å². The molecule has 0 saturated carbocycles. The van der Waals surface area contributed by atoms with Crippen molar-refractivity contribution in [3.05, 3.63) is 65.5 Å². The first-order valence-corrected chi connectivity index (χ1v) is 11.3. The van der Waals surface area contributed by atoms with Gasteiger partial charge in [0.2, 0.25) is 5.91 Å². The first-order valence-electron chi connectivity index (χ1n) is 11.3. The molecule has 1 aromatic carbocycles. The lowest BCUT2D eigenvalue weighted by molar-refractivity contribution is -0.135. The molecule has 1 atom stereocenters. The van der Waals surface area contributed by atoms with Gasteiger partial charge in [0, 0.05) is 32.3 Å². The van der Waals surface area contributed by atoms with Crippen molar-refractivity contribution in [2.24, 2.45) is 0 Å². The van der Waals surface area contributed by atoms with Gasteiger partial charge >= 0.3 is 0 Å². The van der Waals surface area contributed by atoms with E-state index in [1.54, 1.807) is 0 Å². The highest BCUT2D eigenvalue weighted by Gasteiger charge is 2.45. The number of carbonyl (C=O) groups excluding carboxylic acids is 1. The summed E-state index contributed by atoms with van der Waals surface area (Å²) in [5, 5.41) is 0. The number of carbonyl (C=O) groups is 1. The Hall–Kier alpha value is -2.24. The van der Waals surface area contributed by atoms with Crippen molar-refractivity contribution in [1.82, 2.24) is 14.8 Å². The number of nitrogens with zero attached hydrogens (tertiary/aromatic N) is 3. The summed E-state index contributed by atoms with van der Waals surface area (Å²) in [5.74, 6) is 0.640. The third kappa shape index (κ3) is 3.88. The molecule has 0 unspecified atom stereocenters. The van der Waals surface area contributed by atoms with Gasteiger partial charge in [-0.05, 0) is 66.9 Å². The predicted octanol–water partition coefficient (Wildman–Crippen LogP) is 3.35. The molecule has 5 nitrogen and oxygen atoms in total. The number of hydrogen-bond acceptors (Lipinski definition) is 4. The van der Waals surface area contributed by atoms with Gasteiger partial charge in [0.1, 0.15) is 0 Å².